The van der Waals surface area contributed by atoms with Crippen LogP contribution >= 0.6 is 0 Å². The lowest BCUT2D eigenvalue weighted by Gasteiger charge is -2.29. The van der Waals surface area contributed by atoms with Crippen LogP contribution in [-0.4, -0.2) is 0 Å². The van der Waals surface area contributed by atoms with Crippen molar-refractivity contribution >= 4 is 16.8 Å². The molecule has 144 valence electrons. The third-order valence-electron chi connectivity index (χ3n) is 5.64. The summed E-state index contributed by atoms with van der Waals surface area (Å²) in [5.41, 5.74) is 0.394. The lowest BCUT2D eigenvalue weighted by molar-refractivity contribution is 0.312. The van der Waals surface area contributed by atoms with Crippen LogP contribution in [0.15, 0.2) is 42.5 Å². The van der Waals surface area contributed by atoms with Gasteiger partial charge in [0.05, 0.1) is 5.56 Å². The summed E-state index contributed by atoms with van der Waals surface area (Å²) in [5.74, 6) is -0.756. The number of rotatable bonds is 5. The highest BCUT2D eigenvalue weighted by atomic mass is 19.3. The molecule has 2 aromatic rings. The summed E-state index contributed by atoms with van der Waals surface area (Å²) >= 11 is 0. The van der Waals surface area contributed by atoms with Gasteiger partial charge < -0.3 is 0 Å². The lowest BCUT2D eigenvalue weighted by atomic mass is 9.77. The molecule has 3 rings (SSSR count). The Balaban J connectivity index is 1.79. The van der Waals surface area contributed by atoms with E-state index in [1.165, 1.54) is 19.3 Å². The van der Waals surface area contributed by atoms with Gasteiger partial charge in [-0.1, -0.05) is 30.4 Å². The van der Waals surface area contributed by atoms with Crippen molar-refractivity contribution in [3.05, 3.63) is 65.3 Å². The zero-order valence-corrected chi connectivity index (χ0v) is 15.5. The van der Waals surface area contributed by atoms with Gasteiger partial charge in [-0.05, 0) is 74.3 Å². The first kappa shape index (κ1) is 19.7. The zero-order chi connectivity index (χ0) is 19.4. The molecule has 0 bridgehead atoms. The first-order valence-corrected chi connectivity index (χ1v) is 9.55. The van der Waals surface area contributed by atoms with Crippen molar-refractivity contribution in [2.24, 2.45) is 5.92 Å². The maximum absolute atomic E-state index is 14.4. The van der Waals surface area contributed by atoms with Gasteiger partial charge in [-0.2, -0.15) is 8.78 Å². The molecule has 0 N–H and O–H groups in total. The Hall–Kier alpha value is -2.10. The average Bonchev–Trinajstić information content (AvgIpc) is 2.65. The predicted octanol–water partition coefficient (Wildman–Crippen LogP) is 7.99. The van der Waals surface area contributed by atoms with Crippen molar-refractivity contribution in [2.45, 2.75) is 51.4 Å². The fourth-order valence-corrected chi connectivity index (χ4v) is 4.14. The normalized spacial score (nSPS) is 20.3. The van der Waals surface area contributed by atoms with Crippen molar-refractivity contribution in [3.63, 3.8) is 0 Å². The number of benzene rings is 2. The molecular formula is C23H24F4. The van der Waals surface area contributed by atoms with Crippen LogP contribution < -0.4 is 0 Å². The van der Waals surface area contributed by atoms with E-state index in [9.17, 15) is 17.6 Å². The third kappa shape index (κ3) is 4.60. The Morgan fingerprint density at radius 3 is 2.48 bits per heavy atom. The molecule has 0 aliphatic heterocycles. The van der Waals surface area contributed by atoms with E-state index in [0.29, 0.717) is 11.3 Å². The van der Waals surface area contributed by atoms with Crippen LogP contribution in [0.25, 0.3) is 16.8 Å². The molecule has 0 amide bonds. The number of halogens is 4. The summed E-state index contributed by atoms with van der Waals surface area (Å²) in [6, 6.07) is 6.41. The molecule has 0 spiro atoms. The zero-order valence-electron chi connectivity index (χ0n) is 15.5. The monoisotopic (exact) mass is 376 g/mol. The largest absolute Gasteiger partial charge is 0.271 e. The molecule has 0 aromatic heterocycles. The molecule has 0 atom stereocenters. The van der Waals surface area contributed by atoms with Crippen LogP contribution in [0.3, 0.4) is 0 Å². The Morgan fingerprint density at radius 2 is 1.81 bits per heavy atom. The van der Waals surface area contributed by atoms with E-state index in [-0.39, 0.29) is 11.5 Å². The molecule has 1 aliphatic carbocycles. The lowest BCUT2D eigenvalue weighted by Crippen LogP contribution is -2.13. The van der Waals surface area contributed by atoms with E-state index in [2.05, 4.69) is 12.2 Å². The maximum Gasteiger partial charge on any atom is 0.271 e. The Kier molecular flexibility index (Phi) is 6.35. The minimum Gasteiger partial charge on any atom is -0.206 e. The number of fused-ring (bicyclic) bond motifs is 1. The fraction of sp³-hybridized carbons (Fsp3) is 0.391. The molecule has 0 heterocycles. The number of hydrogen-bond acceptors (Lipinski definition) is 0. The minimum absolute atomic E-state index is 0.174. The molecule has 0 unspecified atom stereocenters. The van der Waals surface area contributed by atoms with Gasteiger partial charge in [0.25, 0.3) is 6.08 Å². The van der Waals surface area contributed by atoms with Gasteiger partial charge in [0, 0.05) is 11.5 Å². The van der Waals surface area contributed by atoms with Gasteiger partial charge in [-0.15, -0.1) is 0 Å². The quantitative estimate of drug-likeness (QED) is 0.366. The molecule has 0 radical (unpaired) electrons. The standard InChI is InChI=1S/C23H24F4/c1-2-3-4-5-15-6-8-16(9-7-15)17-10-11-19-18(12-17)13-21(24)20(23(19)27)14-22(25)26/h2-3,10-16H,4-9H2,1H3/b3-2+. The smallest absolute Gasteiger partial charge is 0.206 e. The summed E-state index contributed by atoms with van der Waals surface area (Å²) in [7, 11) is 0. The van der Waals surface area contributed by atoms with Crippen molar-refractivity contribution in [2.75, 3.05) is 0 Å². The second-order valence-corrected chi connectivity index (χ2v) is 7.36. The average molecular weight is 376 g/mol. The first-order chi connectivity index (χ1) is 13.0. The Morgan fingerprint density at radius 1 is 1.07 bits per heavy atom. The highest BCUT2D eigenvalue weighted by Gasteiger charge is 2.23. The van der Waals surface area contributed by atoms with Crippen LogP contribution in [0.1, 0.15) is 62.5 Å². The predicted molar refractivity (Wildman–Crippen MR) is 103 cm³/mol. The van der Waals surface area contributed by atoms with E-state index in [1.54, 1.807) is 6.07 Å². The molecule has 1 aliphatic rings. The van der Waals surface area contributed by atoms with Crippen molar-refractivity contribution < 1.29 is 17.6 Å². The van der Waals surface area contributed by atoms with Gasteiger partial charge >= 0.3 is 0 Å². The second kappa shape index (κ2) is 8.73. The molecule has 27 heavy (non-hydrogen) atoms. The number of allylic oxidation sites excluding steroid dienone is 2. The number of hydrogen-bond donors (Lipinski definition) is 0. The van der Waals surface area contributed by atoms with Crippen molar-refractivity contribution in [1.82, 2.24) is 0 Å². The van der Waals surface area contributed by atoms with E-state index >= 15 is 0 Å². The molecule has 4 heteroatoms. The molecular weight excluding hydrogens is 352 g/mol. The van der Waals surface area contributed by atoms with Crippen LogP contribution in [0.5, 0.6) is 0 Å². The topological polar surface area (TPSA) is 0 Å². The van der Waals surface area contributed by atoms with Gasteiger partial charge in [0.1, 0.15) is 11.6 Å². The highest BCUT2D eigenvalue weighted by molar-refractivity contribution is 5.86. The Bertz CT molecular complexity index is 854. The van der Waals surface area contributed by atoms with Gasteiger partial charge in [-0.3, -0.25) is 0 Å². The van der Waals surface area contributed by atoms with Crippen molar-refractivity contribution in [1.29, 1.82) is 0 Å². The van der Waals surface area contributed by atoms with Crippen LogP contribution in [0, 0.1) is 17.6 Å². The first-order valence-electron chi connectivity index (χ1n) is 9.55. The van der Waals surface area contributed by atoms with E-state index in [1.807, 2.05) is 19.1 Å². The van der Waals surface area contributed by atoms with Gasteiger partial charge in [-0.25, -0.2) is 8.78 Å². The molecule has 2 aromatic carbocycles. The summed E-state index contributed by atoms with van der Waals surface area (Å²) < 4.78 is 53.4. The van der Waals surface area contributed by atoms with Gasteiger partial charge in [0.15, 0.2) is 0 Å². The summed E-state index contributed by atoms with van der Waals surface area (Å²) in [6.45, 7) is 2.04. The minimum atomic E-state index is -2.12. The summed E-state index contributed by atoms with van der Waals surface area (Å²) in [6.07, 6.45) is 9.24. The third-order valence-corrected chi connectivity index (χ3v) is 5.64. The molecule has 1 saturated carbocycles. The summed E-state index contributed by atoms with van der Waals surface area (Å²) in [4.78, 5) is 0. The summed E-state index contributed by atoms with van der Waals surface area (Å²) in [5, 5.41) is 0.599. The van der Waals surface area contributed by atoms with Crippen LogP contribution in [0.4, 0.5) is 17.6 Å². The maximum atomic E-state index is 14.4. The molecule has 0 saturated heterocycles. The Labute approximate surface area is 157 Å². The van der Waals surface area contributed by atoms with E-state index < -0.39 is 23.3 Å². The SMILES string of the molecule is C/C=C/CCC1CCC(c2ccc3c(F)c(C=C(F)F)c(F)cc3c2)CC1. The molecule has 0 nitrogen and oxygen atoms in total. The van der Waals surface area contributed by atoms with E-state index in [4.69, 9.17) is 0 Å². The van der Waals surface area contributed by atoms with Crippen LogP contribution in [0.2, 0.25) is 0 Å². The van der Waals surface area contributed by atoms with Gasteiger partial charge in [0.2, 0.25) is 0 Å². The second-order valence-electron chi connectivity index (χ2n) is 7.36. The van der Waals surface area contributed by atoms with Crippen molar-refractivity contribution in [3.8, 4) is 0 Å². The van der Waals surface area contributed by atoms with E-state index in [0.717, 1.165) is 36.8 Å². The highest BCUT2D eigenvalue weighted by Crippen LogP contribution is 2.39. The van der Waals surface area contributed by atoms with Crippen LogP contribution in [-0.2, 0) is 0 Å². The fourth-order valence-electron chi connectivity index (χ4n) is 4.14. The molecule has 1 fully saturated rings.